The molecule has 1 aliphatic heterocycles. The number of methoxy groups -OCH3 is 1. The second kappa shape index (κ2) is 8.25. The number of thiazole rings is 1. The van der Waals surface area contributed by atoms with Gasteiger partial charge >= 0.3 is 5.97 Å². The predicted octanol–water partition coefficient (Wildman–Crippen LogP) is 5.12. The van der Waals surface area contributed by atoms with E-state index in [1.165, 1.54) is 15.9 Å². The summed E-state index contributed by atoms with van der Waals surface area (Å²) in [5.74, 6) is -0.500. The monoisotopic (exact) mass is 438 g/mol. The molecule has 1 aliphatic rings. The van der Waals surface area contributed by atoms with E-state index in [1.807, 2.05) is 48.5 Å². The average Bonchev–Trinajstić information content (AvgIpc) is 3.27. The summed E-state index contributed by atoms with van der Waals surface area (Å²) in [6, 6.07) is 13.8. The molecular formula is C22H18N2O4S2. The molecule has 0 amide bonds. The lowest BCUT2D eigenvalue weighted by Crippen LogP contribution is -2.21. The van der Waals surface area contributed by atoms with E-state index in [2.05, 4.69) is 4.99 Å². The average molecular weight is 439 g/mol. The molecule has 0 bridgehead atoms. The number of aromatic nitrogens is 1. The number of ether oxygens (including phenoxy) is 1. The fraction of sp³-hybridized carbons (Fsp3) is 0.136. The first kappa shape index (κ1) is 20.1. The Bertz CT molecular complexity index is 1230. The van der Waals surface area contributed by atoms with E-state index in [4.69, 9.17) is 17.0 Å². The van der Waals surface area contributed by atoms with Crippen molar-refractivity contribution in [1.82, 2.24) is 4.57 Å². The van der Waals surface area contributed by atoms with Crippen LogP contribution in [-0.2, 0) is 11.2 Å². The number of rotatable bonds is 6. The third kappa shape index (κ3) is 3.79. The number of nitrogens with zero attached hydrogens (tertiary/aromatic N) is 2. The Balaban J connectivity index is 1.71. The molecule has 152 valence electrons. The van der Waals surface area contributed by atoms with Crippen LogP contribution < -0.4 is 4.74 Å². The zero-order valence-corrected chi connectivity index (χ0v) is 17.6. The summed E-state index contributed by atoms with van der Waals surface area (Å²) in [6.45, 7) is 0. The lowest BCUT2D eigenvalue weighted by Gasteiger charge is -2.15. The molecule has 0 radical (unpaired) electrons. The molecular weight excluding hydrogens is 420 g/mol. The van der Waals surface area contributed by atoms with Gasteiger partial charge in [-0.25, -0.2) is 4.79 Å². The Morgan fingerprint density at radius 3 is 2.77 bits per heavy atom. The van der Waals surface area contributed by atoms with Crippen molar-refractivity contribution < 1.29 is 19.7 Å². The van der Waals surface area contributed by atoms with Gasteiger partial charge in [-0.2, -0.15) is 0 Å². The normalized spacial score (nSPS) is 14.6. The highest BCUT2D eigenvalue weighted by Crippen LogP contribution is 2.38. The van der Waals surface area contributed by atoms with Crippen molar-refractivity contribution in [1.29, 1.82) is 0 Å². The number of allylic oxidation sites excluding steroid dienone is 1. The van der Waals surface area contributed by atoms with Gasteiger partial charge in [-0.3, -0.25) is 9.56 Å². The standard InChI is InChI=1S/C22H18N2O4S2/c1-28-15-7-8-16-14(12-23-17(16)11-15)10-19-20(25)24(22(29)30-19)18(21(26)27)9-13-5-3-2-4-6-13/h2-8,10-12,18,25H,9H2,1H3,(H,26,27)/t18-/m0/s1. The summed E-state index contributed by atoms with van der Waals surface area (Å²) < 4.78 is 6.83. The highest BCUT2D eigenvalue weighted by molar-refractivity contribution is 7.73. The maximum Gasteiger partial charge on any atom is 0.327 e. The lowest BCUT2D eigenvalue weighted by atomic mass is 10.1. The van der Waals surface area contributed by atoms with Crippen molar-refractivity contribution in [3.05, 3.63) is 68.5 Å². The van der Waals surface area contributed by atoms with Crippen LogP contribution in [0.15, 0.2) is 53.5 Å². The molecule has 2 N–H and O–H groups in total. The van der Waals surface area contributed by atoms with Crippen LogP contribution in [-0.4, -0.2) is 34.1 Å². The predicted molar refractivity (Wildman–Crippen MR) is 121 cm³/mol. The summed E-state index contributed by atoms with van der Waals surface area (Å²) in [5, 5.41) is 20.6. The van der Waals surface area contributed by atoms with Crippen molar-refractivity contribution in [2.45, 2.75) is 12.5 Å². The van der Waals surface area contributed by atoms with E-state index in [0.717, 1.165) is 22.4 Å². The van der Waals surface area contributed by atoms with Crippen LogP contribution in [0.25, 0.3) is 11.6 Å². The third-order valence-electron chi connectivity index (χ3n) is 4.86. The Hall–Kier alpha value is -3.23. The number of aliphatic carboxylic acids is 1. The van der Waals surface area contributed by atoms with Gasteiger partial charge in [0.1, 0.15) is 11.8 Å². The van der Waals surface area contributed by atoms with E-state index >= 15 is 0 Å². The van der Waals surface area contributed by atoms with Crippen LogP contribution in [0.2, 0.25) is 0 Å². The van der Waals surface area contributed by atoms with Gasteiger partial charge in [0.05, 0.1) is 17.7 Å². The number of carboxylic acids is 1. The van der Waals surface area contributed by atoms with Crippen LogP contribution in [0.3, 0.4) is 0 Å². The molecule has 1 atom stereocenters. The minimum Gasteiger partial charge on any atom is -0.497 e. The molecule has 0 unspecified atom stereocenters. The summed E-state index contributed by atoms with van der Waals surface area (Å²) in [6.07, 6.45) is 3.69. The van der Waals surface area contributed by atoms with Crippen molar-refractivity contribution in [2.75, 3.05) is 7.11 Å². The first-order valence-corrected chi connectivity index (χ1v) is 10.4. The highest BCUT2D eigenvalue weighted by Gasteiger charge is 2.26. The lowest BCUT2D eigenvalue weighted by molar-refractivity contribution is -0.141. The van der Waals surface area contributed by atoms with Crippen LogP contribution in [0.4, 0.5) is 5.69 Å². The maximum atomic E-state index is 12.0. The maximum absolute atomic E-state index is 12.0. The number of fused-ring (bicyclic) bond motifs is 1. The van der Waals surface area contributed by atoms with Gasteiger partial charge in [0.15, 0.2) is 3.95 Å². The summed E-state index contributed by atoms with van der Waals surface area (Å²) in [4.78, 5) is 16.8. The van der Waals surface area contributed by atoms with E-state index in [-0.39, 0.29) is 12.3 Å². The molecule has 2 heterocycles. The molecule has 0 saturated carbocycles. The number of hydrogen-bond donors (Lipinski definition) is 2. The second-order valence-electron chi connectivity index (χ2n) is 6.71. The highest BCUT2D eigenvalue weighted by atomic mass is 32.1. The Kier molecular flexibility index (Phi) is 5.52. The van der Waals surface area contributed by atoms with Crippen LogP contribution in [0, 0.1) is 3.95 Å². The van der Waals surface area contributed by atoms with Crippen molar-refractivity contribution in [3.63, 3.8) is 0 Å². The first-order chi connectivity index (χ1) is 14.5. The molecule has 2 aromatic carbocycles. The number of benzene rings is 2. The molecule has 0 spiro atoms. The van der Waals surface area contributed by atoms with Gasteiger partial charge in [0, 0.05) is 29.8 Å². The largest absolute Gasteiger partial charge is 0.497 e. The zero-order valence-electron chi connectivity index (χ0n) is 16.0. The minimum atomic E-state index is -1.05. The summed E-state index contributed by atoms with van der Waals surface area (Å²) in [5.41, 5.74) is 3.33. The van der Waals surface area contributed by atoms with Gasteiger partial charge in [0.2, 0.25) is 5.88 Å². The Morgan fingerprint density at radius 2 is 2.07 bits per heavy atom. The number of hydrogen-bond acceptors (Lipinski definition) is 6. The van der Waals surface area contributed by atoms with E-state index in [0.29, 0.717) is 14.6 Å². The molecule has 6 nitrogen and oxygen atoms in total. The summed E-state index contributed by atoms with van der Waals surface area (Å²) >= 11 is 6.57. The number of aromatic hydroxyl groups is 1. The van der Waals surface area contributed by atoms with E-state index < -0.39 is 12.0 Å². The molecule has 1 aromatic heterocycles. The van der Waals surface area contributed by atoms with Crippen molar-refractivity contribution in [3.8, 4) is 11.6 Å². The SMILES string of the molecule is COc1ccc2c(c1)N=CC2=Cc1sc(=S)n([C@@H](Cc2ccccc2)C(=O)O)c1O. The zero-order chi connectivity index (χ0) is 21.3. The molecule has 0 fully saturated rings. The smallest absolute Gasteiger partial charge is 0.327 e. The van der Waals surface area contributed by atoms with Gasteiger partial charge in [-0.15, -0.1) is 11.3 Å². The van der Waals surface area contributed by atoms with Crippen molar-refractivity contribution >= 4 is 53.1 Å². The first-order valence-electron chi connectivity index (χ1n) is 9.13. The van der Waals surface area contributed by atoms with E-state index in [9.17, 15) is 15.0 Å². The number of aliphatic imine (C=N–C) groups is 1. The number of carboxylic acid groups (broad SMARTS) is 1. The minimum absolute atomic E-state index is 0.156. The van der Waals surface area contributed by atoms with E-state index in [1.54, 1.807) is 19.4 Å². The van der Waals surface area contributed by atoms with Gasteiger partial charge in [-0.1, -0.05) is 30.3 Å². The molecule has 8 heteroatoms. The Morgan fingerprint density at radius 1 is 1.30 bits per heavy atom. The fourth-order valence-electron chi connectivity index (χ4n) is 3.34. The van der Waals surface area contributed by atoms with Crippen LogP contribution in [0.1, 0.15) is 22.0 Å². The number of carbonyl (C=O) groups is 1. The summed E-state index contributed by atoms with van der Waals surface area (Å²) in [7, 11) is 1.60. The van der Waals surface area contributed by atoms with Gasteiger partial charge < -0.3 is 14.9 Å². The second-order valence-corrected chi connectivity index (χ2v) is 8.39. The molecule has 3 aromatic rings. The third-order valence-corrected chi connectivity index (χ3v) is 6.19. The molecule has 0 saturated heterocycles. The van der Waals surface area contributed by atoms with Gasteiger partial charge in [-0.05, 0) is 36.0 Å². The van der Waals surface area contributed by atoms with Crippen LogP contribution in [0.5, 0.6) is 11.6 Å². The Labute approximate surface area is 182 Å². The molecule has 4 rings (SSSR count). The quantitative estimate of drug-likeness (QED) is 0.522. The molecule has 0 aliphatic carbocycles. The topological polar surface area (TPSA) is 84.1 Å². The van der Waals surface area contributed by atoms with Crippen LogP contribution >= 0.6 is 23.6 Å². The fourth-order valence-corrected chi connectivity index (χ4v) is 4.70. The van der Waals surface area contributed by atoms with Gasteiger partial charge in [0.25, 0.3) is 0 Å². The van der Waals surface area contributed by atoms with Crippen molar-refractivity contribution in [2.24, 2.45) is 4.99 Å². The molecule has 30 heavy (non-hydrogen) atoms.